The summed E-state index contributed by atoms with van der Waals surface area (Å²) in [5.74, 6) is 0.708. The molecule has 0 aliphatic heterocycles. The monoisotopic (exact) mass is 244 g/mol. The van der Waals surface area contributed by atoms with Crippen LogP contribution in [0.15, 0.2) is 12.3 Å². The van der Waals surface area contributed by atoms with E-state index in [0.29, 0.717) is 5.79 Å². The van der Waals surface area contributed by atoms with Gasteiger partial charge in [0, 0.05) is 5.79 Å². The SMILES string of the molecule is C=C[Si](C)(C)CC[SiH2]C(N(C)C)N(C)C. The lowest BCUT2D eigenvalue weighted by atomic mass is 10.8. The fourth-order valence-electron chi connectivity index (χ4n) is 1.82. The van der Waals surface area contributed by atoms with Gasteiger partial charge in [-0.2, -0.15) is 0 Å². The molecule has 90 valence electrons. The Hall–Kier alpha value is 0.0938. The van der Waals surface area contributed by atoms with Crippen molar-refractivity contribution in [1.29, 1.82) is 0 Å². The van der Waals surface area contributed by atoms with Crippen LogP contribution in [0.4, 0.5) is 0 Å². The first-order valence-electron chi connectivity index (χ1n) is 5.76. The second kappa shape index (κ2) is 6.63. The average molecular weight is 245 g/mol. The van der Waals surface area contributed by atoms with Crippen molar-refractivity contribution in [3.8, 4) is 0 Å². The third-order valence-corrected chi connectivity index (χ3v) is 9.22. The van der Waals surface area contributed by atoms with E-state index in [1.165, 1.54) is 12.1 Å². The second-order valence-electron chi connectivity index (χ2n) is 5.49. The third kappa shape index (κ3) is 6.30. The lowest BCUT2D eigenvalue weighted by molar-refractivity contribution is 0.200. The van der Waals surface area contributed by atoms with E-state index >= 15 is 0 Å². The Labute approximate surface area is 99.2 Å². The van der Waals surface area contributed by atoms with E-state index in [9.17, 15) is 0 Å². The summed E-state index contributed by atoms with van der Waals surface area (Å²) in [6.07, 6.45) is 0. The summed E-state index contributed by atoms with van der Waals surface area (Å²) in [7, 11) is 7.68. The van der Waals surface area contributed by atoms with Crippen molar-refractivity contribution in [3.63, 3.8) is 0 Å². The normalized spacial score (nSPS) is 13.7. The molecule has 0 radical (unpaired) electrons. The van der Waals surface area contributed by atoms with E-state index in [0.717, 1.165) is 0 Å². The molecule has 0 saturated heterocycles. The van der Waals surface area contributed by atoms with Gasteiger partial charge in [-0.05, 0) is 28.2 Å². The van der Waals surface area contributed by atoms with Crippen molar-refractivity contribution in [2.24, 2.45) is 0 Å². The van der Waals surface area contributed by atoms with Crippen LogP contribution in [0.1, 0.15) is 0 Å². The highest BCUT2D eigenvalue weighted by Crippen LogP contribution is 2.14. The summed E-state index contributed by atoms with van der Waals surface area (Å²) >= 11 is 0. The molecule has 0 aliphatic rings. The molecule has 2 nitrogen and oxygen atoms in total. The van der Waals surface area contributed by atoms with Crippen LogP contribution in [0.25, 0.3) is 0 Å². The predicted octanol–water partition coefficient (Wildman–Crippen LogP) is 1.41. The molecule has 0 aromatic carbocycles. The molecule has 0 atom stereocenters. The van der Waals surface area contributed by atoms with Crippen LogP contribution in [0.3, 0.4) is 0 Å². The van der Waals surface area contributed by atoms with Gasteiger partial charge in [0.25, 0.3) is 0 Å². The maximum absolute atomic E-state index is 3.96. The molecular weight excluding hydrogens is 216 g/mol. The van der Waals surface area contributed by atoms with Gasteiger partial charge in [0.2, 0.25) is 0 Å². The fourth-order valence-corrected chi connectivity index (χ4v) is 7.88. The Bertz CT molecular complexity index is 183. The van der Waals surface area contributed by atoms with Crippen LogP contribution in [0.2, 0.25) is 25.2 Å². The predicted molar refractivity (Wildman–Crippen MR) is 77.0 cm³/mol. The molecule has 0 bridgehead atoms. The minimum absolute atomic E-state index is 0.0200. The molecule has 0 fully saturated rings. The standard InChI is InChI=1S/C11H28N2Si2/c1-8-15(6,7)10-9-14-11(12(2)3)13(4)5/h8,11H,1,9-10,14H2,2-7H3. The Kier molecular flexibility index (Phi) is 6.67. The highest BCUT2D eigenvalue weighted by atomic mass is 28.3. The average Bonchev–Trinajstić information content (AvgIpc) is 2.11. The highest BCUT2D eigenvalue weighted by Gasteiger charge is 2.18. The van der Waals surface area contributed by atoms with Gasteiger partial charge in [0.1, 0.15) is 0 Å². The summed E-state index contributed by atoms with van der Waals surface area (Å²) < 4.78 is 0. The van der Waals surface area contributed by atoms with Crippen LogP contribution in [0.5, 0.6) is 0 Å². The van der Waals surface area contributed by atoms with Crippen molar-refractivity contribution >= 4 is 17.6 Å². The second-order valence-corrected chi connectivity index (χ2v) is 12.4. The first-order valence-corrected chi connectivity index (χ1v) is 10.9. The molecule has 15 heavy (non-hydrogen) atoms. The van der Waals surface area contributed by atoms with Crippen LogP contribution >= 0.6 is 0 Å². The van der Waals surface area contributed by atoms with E-state index in [-0.39, 0.29) is 9.52 Å². The number of hydrogen-bond acceptors (Lipinski definition) is 2. The number of hydrogen-bond donors (Lipinski definition) is 0. The van der Waals surface area contributed by atoms with Gasteiger partial charge < -0.3 is 0 Å². The molecule has 0 unspecified atom stereocenters. The van der Waals surface area contributed by atoms with Crippen molar-refractivity contribution in [2.75, 3.05) is 28.2 Å². The molecule has 0 aromatic heterocycles. The zero-order valence-electron chi connectivity index (χ0n) is 11.4. The summed E-state index contributed by atoms with van der Waals surface area (Å²) in [6.45, 7) is 8.78. The molecule has 0 saturated carbocycles. The Morgan fingerprint density at radius 1 is 1.20 bits per heavy atom. The summed E-state index contributed by atoms with van der Waals surface area (Å²) in [5, 5.41) is 0. The summed E-state index contributed by atoms with van der Waals surface area (Å²) in [5.41, 5.74) is 2.22. The maximum atomic E-state index is 3.96. The third-order valence-electron chi connectivity index (χ3n) is 3.03. The molecule has 0 aliphatic carbocycles. The summed E-state index contributed by atoms with van der Waals surface area (Å²) in [6, 6.07) is 2.87. The van der Waals surface area contributed by atoms with Gasteiger partial charge in [0.05, 0.1) is 17.6 Å². The molecule has 0 amide bonds. The van der Waals surface area contributed by atoms with E-state index < -0.39 is 8.07 Å². The van der Waals surface area contributed by atoms with Gasteiger partial charge in [-0.1, -0.05) is 25.2 Å². The van der Waals surface area contributed by atoms with Crippen molar-refractivity contribution in [3.05, 3.63) is 12.3 Å². The Morgan fingerprint density at radius 2 is 1.67 bits per heavy atom. The van der Waals surface area contributed by atoms with Crippen molar-refractivity contribution in [2.45, 2.75) is 31.0 Å². The van der Waals surface area contributed by atoms with E-state index in [2.05, 4.69) is 63.4 Å². The van der Waals surface area contributed by atoms with Gasteiger partial charge >= 0.3 is 0 Å². The molecule has 4 heteroatoms. The molecule has 0 aromatic rings. The van der Waals surface area contributed by atoms with Crippen LogP contribution in [0, 0.1) is 0 Å². The molecule has 0 N–H and O–H groups in total. The fraction of sp³-hybridized carbons (Fsp3) is 0.818. The smallest absolute Gasteiger partial charge is 0.0706 e. The van der Waals surface area contributed by atoms with Gasteiger partial charge in [-0.15, -0.1) is 12.3 Å². The lowest BCUT2D eigenvalue weighted by Crippen LogP contribution is -2.45. The zero-order valence-corrected chi connectivity index (χ0v) is 13.8. The lowest BCUT2D eigenvalue weighted by Gasteiger charge is -2.31. The maximum Gasteiger partial charge on any atom is 0.0706 e. The Morgan fingerprint density at radius 3 is 2.00 bits per heavy atom. The Balaban J connectivity index is 3.97. The van der Waals surface area contributed by atoms with Gasteiger partial charge in [-0.3, -0.25) is 9.80 Å². The first kappa shape index (κ1) is 15.1. The first-order chi connectivity index (χ1) is 6.80. The van der Waals surface area contributed by atoms with Crippen LogP contribution in [-0.2, 0) is 0 Å². The quantitative estimate of drug-likeness (QED) is 0.494. The molecular formula is C11H28N2Si2. The zero-order chi connectivity index (χ0) is 12.1. The topological polar surface area (TPSA) is 6.48 Å². The van der Waals surface area contributed by atoms with E-state index in [4.69, 9.17) is 0 Å². The van der Waals surface area contributed by atoms with Crippen LogP contribution in [-0.4, -0.2) is 61.4 Å². The largest absolute Gasteiger partial charge is 0.297 e. The molecule has 0 rings (SSSR count). The van der Waals surface area contributed by atoms with Crippen molar-refractivity contribution in [1.82, 2.24) is 9.80 Å². The van der Waals surface area contributed by atoms with Crippen LogP contribution < -0.4 is 0 Å². The highest BCUT2D eigenvalue weighted by molar-refractivity contribution is 6.82. The van der Waals surface area contributed by atoms with E-state index in [1.54, 1.807) is 0 Å². The van der Waals surface area contributed by atoms with Gasteiger partial charge in [-0.25, -0.2) is 0 Å². The summed E-state index contributed by atoms with van der Waals surface area (Å²) in [4.78, 5) is 4.71. The van der Waals surface area contributed by atoms with Crippen molar-refractivity contribution < 1.29 is 0 Å². The minimum Gasteiger partial charge on any atom is -0.297 e. The minimum atomic E-state index is -1.05. The number of rotatable bonds is 7. The van der Waals surface area contributed by atoms with E-state index in [1.807, 2.05) is 0 Å². The van der Waals surface area contributed by atoms with Gasteiger partial charge in [0.15, 0.2) is 0 Å². The number of nitrogens with zero attached hydrogens (tertiary/aromatic N) is 2. The molecule has 0 heterocycles. The molecule has 0 spiro atoms.